The number of rotatable bonds is 8. The summed E-state index contributed by atoms with van der Waals surface area (Å²) in [5.41, 5.74) is 1.44. The summed E-state index contributed by atoms with van der Waals surface area (Å²) in [5.74, 6) is -0.800. The van der Waals surface area contributed by atoms with E-state index in [0.717, 1.165) is 5.56 Å². The smallest absolute Gasteiger partial charge is 0.338 e. The van der Waals surface area contributed by atoms with E-state index in [4.69, 9.17) is 20.8 Å². The number of amides is 1. The second-order valence-corrected chi connectivity index (χ2v) is 8.72. The van der Waals surface area contributed by atoms with Crippen LogP contribution in [0.1, 0.15) is 21.7 Å². The largest absolute Gasteiger partial charge is 0.468 e. The summed E-state index contributed by atoms with van der Waals surface area (Å²) in [6, 6.07) is 13.5. The quantitative estimate of drug-likeness (QED) is 0.495. The Morgan fingerprint density at radius 2 is 1.84 bits per heavy atom. The molecule has 3 aromatic rings. The number of nitrogens with one attached hydrogen (secondary N) is 2. The van der Waals surface area contributed by atoms with E-state index >= 15 is 0 Å². The Balaban J connectivity index is 1.54. The molecule has 0 unspecified atom stereocenters. The lowest BCUT2D eigenvalue weighted by Crippen LogP contribution is -2.23. The van der Waals surface area contributed by atoms with Gasteiger partial charge >= 0.3 is 5.97 Å². The van der Waals surface area contributed by atoms with Gasteiger partial charge in [-0.25, -0.2) is 17.9 Å². The zero-order valence-corrected chi connectivity index (χ0v) is 18.0. The molecule has 0 radical (unpaired) electrons. The molecule has 2 aromatic carbocycles. The fraction of sp³-hybridized carbons (Fsp3) is 0.143. The number of carbonyl (C=O) groups is 2. The third-order valence-corrected chi connectivity index (χ3v) is 5.87. The first-order valence-corrected chi connectivity index (χ1v) is 11.0. The van der Waals surface area contributed by atoms with Gasteiger partial charge in [0, 0.05) is 10.7 Å². The number of aryl methyl sites for hydroxylation is 1. The van der Waals surface area contributed by atoms with Gasteiger partial charge in [-0.2, -0.15) is 0 Å². The zero-order chi connectivity index (χ0) is 22.4. The molecule has 8 nitrogen and oxygen atoms in total. The lowest BCUT2D eigenvalue weighted by atomic mass is 10.2. The number of sulfonamides is 1. The van der Waals surface area contributed by atoms with Crippen molar-refractivity contribution in [1.29, 1.82) is 0 Å². The lowest BCUT2D eigenvalue weighted by Gasteiger charge is -2.10. The second kappa shape index (κ2) is 9.78. The zero-order valence-electron chi connectivity index (χ0n) is 16.4. The van der Waals surface area contributed by atoms with Crippen LogP contribution in [0.3, 0.4) is 0 Å². The van der Waals surface area contributed by atoms with Crippen LogP contribution in [-0.4, -0.2) is 26.9 Å². The van der Waals surface area contributed by atoms with Gasteiger partial charge in [-0.05, 0) is 67.1 Å². The number of hydrogen-bond acceptors (Lipinski definition) is 6. The van der Waals surface area contributed by atoms with Gasteiger partial charge in [-0.3, -0.25) is 4.79 Å². The molecule has 0 bridgehead atoms. The first kappa shape index (κ1) is 22.5. The van der Waals surface area contributed by atoms with Crippen molar-refractivity contribution < 1.29 is 27.2 Å². The van der Waals surface area contributed by atoms with E-state index in [-0.39, 0.29) is 17.0 Å². The highest BCUT2D eigenvalue weighted by molar-refractivity contribution is 7.89. The molecule has 3 rings (SSSR count). The van der Waals surface area contributed by atoms with E-state index in [9.17, 15) is 18.0 Å². The summed E-state index contributed by atoms with van der Waals surface area (Å²) in [6.45, 7) is 1.29. The minimum atomic E-state index is -3.78. The average molecular weight is 463 g/mol. The van der Waals surface area contributed by atoms with E-state index in [1.807, 2.05) is 0 Å². The number of esters is 1. The Hall–Kier alpha value is -3.14. The van der Waals surface area contributed by atoms with Gasteiger partial charge in [-0.15, -0.1) is 0 Å². The normalized spacial score (nSPS) is 11.2. The van der Waals surface area contributed by atoms with Crippen LogP contribution in [0, 0.1) is 6.92 Å². The van der Waals surface area contributed by atoms with Crippen LogP contribution in [-0.2, 0) is 26.1 Å². The van der Waals surface area contributed by atoms with E-state index in [1.165, 1.54) is 30.5 Å². The van der Waals surface area contributed by atoms with Gasteiger partial charge in [0.1, 0.15) is 5.76 Å². The van der Waals surface area contributed by atoms with Crippen molar-refractivity contribution in [3.63, 3.8) is 0 Å². The molecule has 0 saturated carbocycles. The van der Waals surface area contributed by atoms with Gasteiger partial charge in [0.05, 0.1) is 23.3 Å². The predicted octanol–water partition coefficient (Wildman–Crippen LogP) is 3.52. The number of halogens is 1. The molecule has 0 aliphatic heterocycles. The monoisotopic (exact) mass is 462 g/mol. The third-order valence-electron chi connectivity index (χ3n) is 4.21. The average Bonchev–Trinajstić information content (AvgIpc) is 3.26. The molecule has 31 heavy (non-hydrogen) atoms. The molecular formula is C21H19ClN2O6S. The maximum Gasteiger partial charge on any atom is 0.338 e. The molecule has 0 aliphatic carbocycles. The summed E-state index contributed by atoms with van der Waals surface area (Å²) in [5, 5.41) is 3.17. The number of furan rings is 1. The first-order chi connectivity index (χ1) is 14.7. The van der Waals surface area contributed by atoms with Crippen LogP contribution in [0.2, 0.25) is 5.02 Å². The summed E-state index contributed by atoms with van der Waals surface area (Å²) >= 11 is 5.88. The fourth-order valence-corrected chi connectivity index (χ4v) is 3.82. The summed E-state index contributed by atoms with van der Waals surface area (Å²) < 4.78 is 37.1. The summed E-state index contributed by atoms with van der Waals surface area (Å²) in [6.07, 6.45) is 1.45. The molecule has 162 valence electrons. The summed E-state index contributed by atoms with van der Waals surface area (Å²) in [7, 11) is -3.78. The van der Waals surface area contributed by atoms with E-state index in [0.29, 0.717) is 16.5 Å². The van der Waals surface area contributed by atoms with E-state index in [1.54, 1.807) is 37.3 Å². The molecule has 0 saturated heterocycles. The molecule has 1 amide bonds. The van der Waals surface area contributed by atoms with Crippen LogP contribution in [0.15, 0.2) is 70.2 Å². The number of anilines is 1. The molecule has 10 heteroatoms. The highest BCUT2D eigenvalue weighted by atomic mass is 35.5. The maximum atomic E-state index is 12.3. The molecule has 1 aromatic heterocycles. The van der Waals surface area contributed by atoms with Crippen molar-refractivity contribution in [3.05, 3.63) is 82.8 Å². The standard InChI is InChI=1S/C21H19ClN2O6S/c1-14-11-16(22)6-9-19(14)24-20(25)13-30-21(26)15-4-7-18(8-5-15)31(27,28)23-12-17-3-2-10-29-17/h2-11,23H,12-13H2,1H3,(H,24,25). The van der Waals surface area contributed by atoms with Gasteiger partial charge < -0.3 is 14.5 Å². The summed E-state index contributed by atoms with van der Waals surface area (Å²) in [4.78, 5) is 24.2. The predicted molar refractivity (Wildman–Crippen MR) is 114 cm³/mol. The Bertz CT molecular complexity index is 1180. The van der Waals surface area contributed by atoms with E-state index in [2.05, 4.69) is 10.0 Å². The highest BCUT2D eigenvalue weighted by Crippen LogP contribution is 2.19. The van der Waals surface area contributed by atoms with Gasteiger partial charge in [0.15, 0.2) is 6.61 Å². The van der Waals surface area contributed by atoms with Crippen molar-refractivity contribution in [3.8, 4) is 0 Å². The van der Waals surface area contributed by atoms with Crippen LogP contribution in [0.4, 0.5) is 5.69 Å². The Labute approximate surface area is 184 Å². The minimum absolute atomic E-state index is 0.00132. The Morgan fingerprint density at radius 1 is 1.10 bits per heavy atom. The molecule has 0 atom stereocenters. The second-order valence-electron chi connectivity index (χ2n) is 6.51. The van der Waals surface area contributed by atoms with Crippen LogP contribution in [0.5, 0.6) is 0 Å². The maximum absolute atomic E-state index is 12.3. The number of ether oxygens (including phenoxy) is 1. The number of hydrogen-bond donors (Lipinski definition) is 2. The lowest BCUT2D eigenvalue weighted by molar-refractivity contribution is -0.119. The van der Waals surface area contributed by atoms with Gasteiger partial charge in [0.25, 0.3) is 5.91 Å². The Morgan fingerprint density at radius 3 is 2.48 bits per heavy atom. The molecule has 0 spiro atoms. The molecule has 0 fully saturated rings. The number of carbonyl (C=O) groups excluding carboxylic acids is 2. The van der Waals surface area contributed by atoms with Crippen molar-refractivity contribution in [1.82, 2.24) is 4.72 Å². The molecule has 0 aliphatic rings. The van der Waals surface area contributed by atoms with Crippen molar-refractivity contribution >= 4 is 39.2 Å². The van der Waals surface area contributed by atoms with Crippen molar-refractivity contribution in [2.45, 2.75) is 18.4 Å². The highest BCUT2D eigenvalue weighted by Gasteiger charge is 2.16. The molecule has 2 N–H and O–H groups in total. The first-order valence-electron chi connectivity index (χ1n) is 9.10. The molecule has 1 heterocycles. The van der Waals surface area contributed by atoms with Crippen LogP contribution < -0.4 is 10.0 Å². The fourth-order valence-electron chi connectivity index (χ4n) is 2.60. The van der Waals surface area contributed by atoms with Crippen LogP contribution in [0.25, 0.3) is 0 Å². The SMILES string of the molecule is Cc1cc(Cl)ccc1NC(=O)COC(=O)c1ccc(S(=O)(=O)NCc2ccco2)cc1. The van der Waals surface area contributed by atoms with Gasteiger partial charge in [0.2, 0.25) is 10.0 Å². The van der Waals surface area contributed by atoms with Crippen molar-refractivity contribution in [2.24, 2.45) is 0 Å². The van der Waals surface area contributed by atoms with Crippen molar-refractivity contribution in [2.75, 3.05) is 11.9 Å². The molecular weight excluding hydrogens is 444 g/mol. The van der Waals surface area contributed by atoms with E-state index < -0.39 is 28.5 Å². The third kappa shape index (κ3) is 6.17. The van der Waals surface area contributed by atoms with Crippen LogP contribution >= 0.6 is 11.6 Å². The minimum Gasteiger partial charge on any atom is -0.468 e. The Kier molecular flexibility index (Phi) is 7.11. The topological polar surface area (TPSA) is 115 Å². The van der Waals surface area contributed by atoms with Gasteiger partial charge in [-0.1, -0.05) is 11.6 Å². The number of benzene rings is 2.